The van der Waals surface area contributed by atoms with Gasteiger partial charge in [-0.3, -0.25) is 19.7 Å². The molecule has 0 aliphatic rings. The highest BCUT2D eigenvalue weighted by molar-refractivity contribution is 5.93. The van der Waals surface area contributed by atoms with Gasteiger partial charge in [-0.15, -0.1) is 0 Å². The van der Waals surface area contributed by atoms with Gasteiger partial charge >= 0.3 is 5.69 Å². The Bertz CT molecular complexity index is 525. The number of amides is 1. The second-order valence-electron chi connectivity index (χ2n) is 4.21. The lowest BCUT2D eigenvalue weighted by Gasteiger charge is -2.08. The Balaban J connectivity index is 2.98. The van der Waals surface area contributed by atoms with Crippen LogP contribution in [-0.2, 0) is 4.79 Å². The summed E-state index contributed by atoms with van der Waals surface area (Å²) in [7, 11) is 0. The molecule has 1 amide bonds. The summed E-state index contributed by atoms with van der Waals surface area (Å²) < 4.78 is 5.11. The highest BCUT2D eigenvalue weighted by atomic mass is 16.6. The molecule has 19 heavy (non-hydrogen) atoms. The molecule has 1 aromatic rings. The predicted octanol–water partition coefficient (Wildman–Crippen LogP) is 1.30. The van der Waals surface area contributed by atoms with Gasteiger partial charge in [-0.05, 0) is 12.1 Å². The highest BCUT2D eigenvalue weighted by Gasteiger charge is 2.19. The number of nitro benzene ring substituents is 1. The molecule has 0 spiro atoms. The van der Waals surface area contributed by atoms with E-state index in [0.29, 0.717) is 0 Å². The van der Waals surface area contributed by atoms with Gasteiger partial charge in [0, 0.05) is 17.5 Å². The molecular weight excluding hydrogens is 252 g/mol. The van der Waals surface area contributed by atoms with Gasteiger partial charge in [0.05, 0.1) is 4.92 Å². The van der Waals surface area contributed by atoms with Gasteiger partial charge in [0.15, 0.2) is 11.5 Å². The molecule has 7 heteroatoms. The van der Waals surface area contributed by atoms with Gasteiger partial charge in [0.2, 0.25) is 5.91 Å². The summed E-state index contributed by atoms with van der Waals surface area (Å²) in [5.74, 6) is -1.23. The summed E-state index contributed by atoms with van der Waals surface area (Å²) in [6.07, 6.45) is 0. The van der Waals surface area contributed by atoms with Crippen LogP contribution in [-0.4, -0.2) is 23.2 Å². The number of hydrogen-bond acceptors (Lipinski definition) is 5. The zero-order valence-corrected chi connectivity index (χ0v) is 10.6. The second kappa shape index (κ2) is 5.94. The van der Waals surface area contributed by atoms with Gasteiger partial charge in [-0.25, -0.2) is 0 Å². The standard InChI is InChI=1S/C12H14N2O5/c1-7(2)10(15)6-19-11-4-3-8(12(13)16)5-9(11)14(17)18/h3-5,7H,6H2,1-2H3,(H2,13,16). The van der Waals surface area contributed by atoms with Crippen molar-refractivity contribution in [2.45, 2.75) is 13.8 Å². The van der Waals surface area contributed by atoms with Gasteiger partial charge < -0.3 is 10.5 Å². The lowest BCUT2D eigenvalue weighted by atomic mass is 10.1. The molecule has 1 aromatic carbocycles. The zero-order chi connectivity index (χ0) is 14.6. The fourth-order valence-corrected chi connectivity index (χ4v) is 1.25. The highest BCUT2D eigenvalue weighted by Crippen LogP contribution is 2.27. The van der Waals surface area contributed by atoms with E-state index in [1.807, 2.05) is 0 Å². The second-order valence-corrected chi connectivity index (χ2v) is 4.21. The number of benzene rings is 1. The summed E-state index contributed by atoms with van der Waals surface area (Å²) >= 11 is 0. The lowest BCUT2D eigenvalue weighted by molar-refractivity contribution is -0.385. The van der Waals surface area contributed by atoms with E-state index in [-0.39, 0.29) is 29.6 Å². The fourth-order valence-electron chi connectivity index (χ4n) is 1.25. The Hall–Kier alpha value is -2.44. The smallest absolute Gasteiger partial charge is 0.311 e. The quantitative estimate of drug-likeness (QED) is 0.615. The SMILES string of the molecule is CC(C)C(=O)COc1ccc(C(N)=O)cc1[N+](=O)[O-]. The van der Waals surface area contributed by atoms with Gasteiger partial charge in [-0.2, -0.15) is 0 Å². The van der Waals surface area contributed by atoms with E-state index < -0.39 is 16.5 Å². The van der Waals surface area contributed by atoms with E-state index in [4.69, 9.17) is 10.5 Å². The first kappa shape index (κ1) is 14.6. The molecule has 7 nitrogen and oxygen atoms in total. The van der Waals surface area contributed by atoms with Crippen LogP contribution in [0.25, 0.3) is 0 Å². The molecule has 102 valence electrons. The van der Waals surface area contributed by atoms with Crippen LogP contribution >= 0.6 is 0 Å². The largest absolute Gasteiger partial charge is 0.479 e. The summed E-state index contributed by atoms with van der Waals surface area (Å²) in [6, 6.07) is 3.59. The number of carbonyl (C=O) groups excluding carboxylic acids is 2. The zero-order valence-electron chi connectivity index (χ0n) is 10.6. The maximum absolute atomic E-state index is 11.4. The molecule has 0 aliphatic carbocycles. The number of ketones is 1. The number of hydrogen-bond donors (Lipinski definition) is 1. The van der Waals surface area contributed by atoms with Crippen LogP contribution in [0.3, 0.4) is 0 Å². The first-order valence-electron chi connectivity index (χ1n) is 5.56. The van der Waals surface area contributed by atoms with E-state index in [2.05, 4.69) is 0 Å². The predicted molar refractivity (Wildman–Crippen MR) is 67.0 cm³/mol. The van der Waals surface area contributed by atoms with Gasteiger partial charge in [-0.1, -0.05) is 13.8 Å². The van der Waals surface area contributed by atoms with Gasteiger partial charge in [0.1, 0.15) is 6.61 Å². The van der Waals surface area contributed by atoms with Crippen molar-refractivity contribution in [3.05, 3.63) is 33.9 Å². The van der Waals surface area contributed by atoms with E-state index in [1.54, 1.807) is 13.8 Å². The molecule has 1 rings (SSSR count). The van der Waals surface area contributed by atoms with Crippen LogP contribution in [0.5, 0.6) is 5.75 Å². The summed E-state index contributed by atoms with van der Waals surface area (Å²) in [5.41, 5.74) is 4.65. The van der Waals surface area contributed by atoms with E-state index in [1.165, 1.54) is 12.1 Å². The normalized spacial score (nSPS) is 10.3. The topological polar surface area (TPSA) is 113 Å². The summed E-state index contributed by atoms with van der Waals surface area (Å²) in [5, 5.41) is 10.9. The van der Waals surface area contributed by atoms with Gasteiger partial charge in [0.25, 0.3) is 0 Å². The molecule has 0 saturated carbocycles. The van der Waals surface area contributed by atoms with Crippen LogP contribution in [0.4, 0.5) is 5.69 Å². The maximum Gasteiger partial charge on any atom is 0.311 e. The Kier molecular flexibility index (Phi) is 4.57. The third-order valence-electron chi connectivity index (χ3n) is 2.45. The van der Waals surface area contributed by atoms with Crippen LogP contribution in [0.2, 0.25) is 0 Å². The van der Waals surface area contributed by atoms with Crippen molar-refractivity contribution in [2.24, 2.45) is 11.7 Å². The Labute approximate surface area is 109 Å². The number of primary amides is 1. The number of ether oxygens (including phenoxy) is 1. The van der Waals surface area contributed by atoms with Crippen LogP contribution in [0.15, 0.2) is 18.2 Å². The number of rotatable bonds is 6. The van der Waals surface area contributed by atoms with Crippen LogP contribution in [0, 0.1) is 16.0 Å². The molecule has 0 unspecified atom stereocenters. The third kappa shape index (κ3) is 3.77. The number of carbonyl (C=O) groups is 2. The molecule has 0 bridgehead atoms. The first-order chi connectivity index (χ1) is 8.82. The Morgan fingerprint density at radius 3 is 2.53 bits per heavy atom. The number of Topliss-reactive ketones (excluding diaryl/α,β-unsaturated/α-hetero) is 1. The minimum Gasteiger partial charge on any atom is -0.479 e. The van der Waals surface area contributed by atoms with Crippen molar-refractivity contribution >= 4 is 17.4 Å². The monoisotopic (exact) mass is 266 g/mol. The number of nitro groups is 1. The minimum absolute atomic E-state index is 0.00855. The lowest BCUT2D eigenvalue weighted by Crippen LogP contribution is -2.17. The van der Waals surface area contributed by atoms with Crippen molar-refractivity contribution in [3.8, 4) is 5.75 Å². The summed E-state index contributed by atoms with van der Waals surface area (Å²) in [6.45, 7) is 3.15. The van der Waals surface area contributed by atoms with Crippen molar-refractivity contribution in [3.63, 3.8) is 0 Å². The average molecular weight is 266 g/mol. The van der Waals surface area contributed by atoms with Crippen LogP contribution < -0.4 is 10.5 Å². The van der Waals surface area contributed by atoms with Crippen molar-refractivity contribution in [1.29, 1.82) is 0 Å². The minimum atomic E-state index is -0.770. The van der Waals surface area contributed by atoms with Crippen molar-refractivity contribution in [1.82, 2.24) is 0 Å². The van der Waals surface area contributed by atoms with E-state index in [0.717, 1.165) is 6.07 Å². The molecule has 2 N–H and O–H groups in total. The van der Waals surface area contributed by atoms with E-state index >= 15 is 0 Å². The Morgan fingerprint density at radius 2 is 2.05 bits per heavy atom. The summed E-state index contributed by atoms with van der Waals surface area (Å²) in [4.78, 5) is 32.5. The number of nitrogens with two attached hydrogens (primary N) is 1. The fraction of sp³-hybridized carbons (Fsp3) is 0.333. The molecule has 0 atom stereocenters. The molecule has 0 aliphatic heterocycles. The first-order valence-corrected chi connectivity index (χ1v) is 5.56. The number of nitrogens with zero attached hydrogens (tertiary/aromatic N) is 1. The molecule has 0 fully saturated rings. The third-order valence-corrected chi connectivity index (χ3v) is 2.45. The Morgan fingerprint density at radius 1 is 1.42 bits per heavy atom. The molecule has 0 saturated heterocycles. The molecular formula is C12H14N2O5. The van der Waals surface area contributed by atoms with E-state index in [9.17, 15) is 19.7 Å². The average Bonchev–Trinajstić information content (AvgIpc) is 2.35. The van der Waals surface area contributed by atoms with Crippen LogP contribution in [0.1, 0.15) is 24.2 Å². The maximum atomic E-state index is 11.4. The molecule has 0 aromatic heterocycles. The van der Waals surface area contributed by atoms with Crippen molar-refractivity contribution < 1.29 is 19.2 Å². The molecule has 0 radical (unpaired) electrons. The van der Waals surface area contributed by atoms with Crippen molar-refractivity contribution in [2.75, 3.05) is 6.61 Å². The molecule has 0 heterocycles.